The Morgan fingerprint density at radius 2 is 1.50 bits per heavy atom. The second-order valence-corrected chi connectivity index (χ2v) is 5.16. The van der Waals surface area contributed by atoms with Crippen LogP contribution in [0.1, 0.15) is 17.3 Å². The van der Waals surface area contributed by atoms with Crippen LogP contribution in [0.2, 0.25) is 0 Å². The molecule has 0 fully saturated rings. The predicted octanol–water partition coefficient (Wildman–Crippen LogP) is 3.90. The fourth-order valence-electron chi connectivity index (χ4n) is 1.69. The Morgan fingerprint density at radius 1 is 1.10 bits per heavy atom. The molecule has 0 saturated carbocycles. The van der Waals surface area contributed by atoms with Crippen molar-refractivity contribution in [1.29, 1.82) is 0 Å². The largest absolute Gasteiger partial charge is 0.376 e. The highest BCUT2D eigenvalue weighted by Crippen LogP contribution is 2.50. The van der Waals surface area contributed by atoms with E-state index in [2.05, 4.69) is 23.2 Å². The molecule has 1 aromatic carbocycles. The number of carbonyl (C=O) groups excluding carboxylic acids is 1. The summed E-state index contributed by atoms with van der Waals surface area (Å²) in [6.07, 6.45) is 0. The summed E-state index contributed by atoms with van der Waals surface area (Å²) < 4.78 is 52.8. The summed E-state index contributed by atoms with van der Waals surface area (Å²) in [6.45, 7) is 0.710. The maximum atomic E-state index is 13.2. The number of hydrogen-bond acceptors (Lipinski definition) is 2. The Labute approximate surface area is 122 Å². The number of halogens is 6. The number of benzene rings is 1. The quantitative estimate of drug-likeness (QED) is 0.504. The number of rotatable bonds is 5. The number of alkyl halides is 6. The van der Waals surface area contributed by atoms with Crippen molar-refractivity contribution in [1.82, 2.24) is 0 Å². The average molecular weight is 333 g/mol. The summed E-state index contributed by atoms with van der Waals surface area (Å²) in [5, 5.41) is -0.00709. The zero-order valence-corrected chi connectivity index (χ0v) is 11.6. The van der Waals surface area contributed by atoms with Crippen molar-refractivity contribution in [2.75, 3.05) is 0 Å². The van der Waals surface area contributed by atoms with Crippen LogP contribution in [0.15, 0.2) is 30.3 Å². The fraction of sp³-hybridized carbons (Fsp3) is 0.417. The Kier molecular flexibility index (Phi) is 4.73. The molecule has 0 heterocycles. The summed E-state index contributed by atoms with van der Waals surface area (Å²) >= 11 is 9.10. The molecule has 0 bridgehead atoms. The minimum absolute atomic E-state index is 0.125. The Balaban J connectivity index is 3.27. The Bertz CT molecular complexity index is 468. The number of Topliss-reactive ketones (excluding diaryl/α,β-unsaturated/α-hetero) is 1. The van der Waals surface area contributed by atoms with Gasteiger partial charge in [-0.1, -0.05) is 37.3 Å². The smallest absolute Gasteiger partial charge is 0.358 e. The van der Waals surface area contributed by atoms with Gasteiger partial charge in [-0.2, -0.15) is 17.6 Å². The van der Waals surface area contributed by atoms with E-state index in [1.54, 1.807) is 6.07 Å². The molecule has 1 N–H and O–H groups in total. The lowest BCUT2D eigenvalue weighted by Crippen LogP contribution is -2.61. The van der Waals surface area contributed by atoms with Crippen LogP contribution in [0.4, 0.5) is 17.6 Å². The predicted molar refractivity (Wildman–Crippen MR) is 66.5 cm³/mol. The minimum Gasteiger partial charge on any atom is -0.376 e. The second kappa shape index (κ2) is 5.50. The third kappa shape index (κ3) is 2.92. The summed E-state index contributed by atoms with van der Waals surface area (Å²) in [6, 6.07) is 6.84. The van der Waals surface area contributed by atoms with Crippen molar-refractivity contribution in [2.24, 2.45) is 5.92 Å². The average Bonchev–Trinajstić information content (AvgIpc) is 2.34. The first-order valence-electron chi connectivity index (χ1n) is 5.38. The lowest BCUT2D eigenvalue weighted by atomic mass is 9.83. The van der Waals surface area contributed by atoms with Gasteiger partial charge in [-0.3, -0.25) is 4.79 Å². The first-order valence-corrected chi connectivity index (χ1v) is 6.13. The van der Waals surface area contributed by atoms with E-state index in [4.69, 9.17) is 0 Å². The van der Waals surface area contributed by atoms with E-state index < -0.39 is 28.1 Å². The topological polar surface area (TPSA) is 37.3 Å². The first kappa shape index (κ1) is 17.2. The zero-order chi connectivity index (χ0) is 15.8. The van der Waals surface area contributed by atoms with E-state index in [1.165, 1.54) is 24.3 Å². The molecular formula is C12H10Cl2F4O2. The highest BCUT2D eigenvalue weighted by Gasteiger charge is 2.70. The van der Waals surface area contributed by atoms with E-state index in [1.807, 2.05) is 0 Å². The minimum atomic E-state index is -4.80. The molecule has 1 unspecified atom stereocenters. The summed E-state index contributed by atoms with van der Waals surface area (Å²) in [7, 11) is 0. The molecular weight excluding hydrogens is 323 g/mol. The van der Waals surface area contributed by atoms with Crippen molar-refractivity contribution < 1.29 is 27.5 Å². The summed E-state index contributed by atoms with van der Waals surface area (Å²) in [4.78, 5) is 11.9. The van der Waals surface area contributed by atoms with Gasteiger partial charge in [-0.05, 0) is 23.2 Å². The highest BCUT2D eigenvalue weighted by atomic mass is 35.5. The maximum absolute atomic E-state index is 13.2. The van der Waals surface area contributed by atoms with Gasteiger partial charge < -0.3 is 5.11 Å². The van der Waals surface area contributed by atoms with Crippen LogP contribution in [0.5, 0.6) is 0 Å². The van der Waals surface area contributed by atoms with Crippen LogP contribution in [-0.4, -0.2) is 27.3 Å². The Morgan fingerprint density at radius 3 is 1.85 bits per heavy atom. The molecule has 0 aliphatic rings. The van der Waals surface area contributed by atoms with Gasteiger partial charge in [-0.25, -0.2) is 0 Å². The molecule has 0 aliphatic heterocycles. The Hall–Kier alpha value is -0.850. The van der Waals surface area contributed by atoms with E-state index >= 15 is 0 Å². The molecule has 0 aromatic heterocycles. The molecule has 20 heavy (non-hydrogen) atoms. The van der Waals surface area contributed by atoms with Gasteiger partial charge in [-0.15, -0.1) is 0 Å². The van der Waals surface area contributed by atoms with Gasteiger partial charge >= 0.3 is 10.8 Å². The van der Waals surface area contributed by atoms with E-state index in [0.717, 1.165) is 0 Å². The standard InChI is InChI=1S/C12H10Cl2F4O2/c1-7(9(19)8-5-3-2-4-6-8)10(20,11(13,15)16)12(14,17)18/h2-7,20H,1H3. The molecule has 0 aliphatic carbocycles. The molecule has 0 amide bonds. The van der Waals surface area contributed by atoms with Crippen LogP contribution < -0.4 is 0 Å². The number of carbonyl (C=O) groups is 1. The molecule has 8 heteroatoms. The van der Waals surface area contributed by atoms with Crippen LogP contribution in [0, 0.1) is 5.92 Å². The normalized spacial score (nSPS) is 15.0. The van der Waals surface area contributed by atoms with Crippen molar-refractivity contribution >= 4 is 29.0 Å². The molecule has 1 rings (SSSR count). The van der Waals surface area contributed by atoms with Crippen LogP contribution in [-0.2, 0) is 0 Å². The molecule has 112 valence electrons. The van der Waals surface area contributed by atoms with E-state index in [9.17, 15) is 27.5 Å². The molecule has 1 aromatic rings. The highest BCUT2D eigenvalue weighted by molar-refractivity contribution is 6.27. The van der Waals surface area contributed by atoms with Crippen molar-refractivity contribution in [3.63, 3.8) is 0 Å². The SMILES string of the molecule is CC(C(=O)c1ccccc1)C(O)(C(F)(F)Cl)C(F)(F)Cl. The molecule has 1 atom stereocenters. The van der Waals surface area contributed by atoms with Crippen molar-refractivity contribution in [2.45, 2.75) is 23.3 Å². The fourth-order valence-corrected chi connectivity index (χ4v) is 2.31. The molecule has 0 spiro atoms. The van der Waals surface area contributed by atoms with Gasteiger partial charge in [0, 0.05) is 5.56 Å². The molecule has 0 radical (unpaired) electrons. The number of hydrogen-bond donors (Lipinski definition) is 1. The molecule has 2 nitrogen and oxygen atoms in total. The van der Waals surface area contributed by atoms with Gasteiger partial charge in [0.25, 0.3) is 0 Å². The van der Waals surface area contributed by atoms with Gasteiger partial charge in [0.1, 0.15) is 0 Å². The lowest BCUT2D eigenvalue weighted by Gasteiger charge is -2.38. The van der Waals surface area contributed by atoms with Crippen molar-refractivity contribution in [3.05, 3.63) is 35.9 Å². The van der Waals surface area contributed by atoms with Gasteiger partial charge in [0.05, 0.1) is 5.92 Å². The van der Waals surface area contributed by atoms with E-state index in [-0.39, 0.29) is 5.56 Å². The zero-order valence-electron chi connectivity index (χ0n) is 10.1. The van der Waals surface area contributed by atoms with Gasteiger partial charge in [0.2, 0.25) is 5.60 Å². The maximum Gasteiger partial charge on any atom is 0.358 e. The number of ketones is 1. The van der Waals surface area contributed by atoms with Crippen LogP contribution >= 0.6 is 23.2 Å². The van der Waals surface area contributed by atoms with Gasteiger partial charge in [0.15, 0.2) is 5.78 Å². The van der Waals surface area contributed by atoms with E-state index in [0.29, 0.717) is 6.92 Å². The van der Waals surface area contributed by atoms with Crippen LogP contribution in [0.3, 0.4) is 0 Å². The summed E-state index contributed by atoms with van der Waals surface area (Å²) in [5.41, 5.74) is -4.35. The lowest BCUT2D eigenvalue weighted by molar-refractivity contribution is -0.232. The molecule has 0 saturated heterocycles. The second-order valence-electron chi connectivity index (χ2n) is 4.21. The monoisotopic (exact) mass is 332 g/mol. The first-order chi connectivity index (χ1) is 8.93. The van der Waals surface area contributed by atoms with Crippen molar-refractivity contribution in [3.8, 4) is 0 Å². The number of aliphatic hydroxyl groups is 1. The third-order valence-corrected chi connectivity index (χ3v) is 3.52. The third-order valence-electron chi connectivity index (χ3n) is 2.94. The summed E-state index contributed by atoms with van der Waals surface area (Å²) in [5.74, 6) is -3.36. The van der Waals surface area contributed by atoms with Crippen LogP contribution in [0.25, 0.3) is 0 Å².